The van der Waals surface area contributed by atoms with E-state index in [4.69, 9.17) is 72.1 Å². The SMILES string of the molecule is CCCC(C(=O)N(CC[Si](OC)(OC)OC)CC[Si](OC)(OC)OC)N1C(=O)c2cc(Oc3ccc(C(C)(C)C)cc3)c3c4c(Oc5ccc(C(C)(C)C)cc5)cc5c6c(cc(Oc7ccc(C(C)(C)C)cc7)c(c7c(Oc8ccc(C(C)(C)C)cc8)cc(c2c37)C1=O)c64)C(=O)N(C(CCC)C(=O)N(CC[Si](OC)(OC)OC)CC[Si](OC)(OC)OC)C5=O. The molecule has 6 amide bonds. The minimum atomic E-state index is -3.44. The summed E-state index contributed by atoms with van der Waals surface area (Å²) in [5, 5.41) is 1.85. The fraction of sp³-hybridized carbons (Fsp3) is 0.468. The van der Waals surface area contributed by atoms with Gasteiger partial charge in [-0.3, -0.25) is 38.6 Å². The van der Waals surface area contributed by atoms with Gasteiger partial charge in [0.15, 0.2) is 0 Å². The number of carbonyl (C=O) groups excluding carboxylic acids is 6. The first-order valence-electron chi connectivity index (χ1n) is 42.1. The maximum atomic E-state index is 17.0. The van der Waals surface area contributed by atoms with Crippen LogP contribution >= 0.6 is 0 Å². The molecule has 2 aliphatic rings. The number of amides is 6. The molecule has 0 spiro atoms. The largest absolute Gasteiger partial charge is 0.501 e. The lowest BCUT2D eigenvalue weighted by Gasteiger charge is -2.38. The maximum Gasteiger partial charge on any atom is 0.501 e. The van der Waals surface area contributed by atoms with Crippen molar-refractivity contribution in [1.82, 2.24) is 19.6 Å². The first-order chi connectivity index (χ1) is 58.7. The van der Waals surface area contributed by atoms with Gasteiger partial charge in [0.05, 0.1) is 22.3 Å². The number of fused-ring (bicyclic) bond motifs is 2. The Bertz CT molecular complexity index is 4700. The molecule has 2 aliphatic heterocycles. The quantitative estimate of drug-likeness (QED) is 0.0149. The van der Waals surface area contributed by atoms with Crippen molar-refractivity contribution in [3.63, 3.8) is 0 Å². The van der Waals surface area contributed by atoms with Gasteiger partial charge in [-0.1, -0.05) is 158 Å². The van der Waals surface area contributed by atoms with Crippen LogP contribution < -0.4 is 18.9 Å². The van der Waals surface area contributed by atoms with Gasteiger partial charge in [-0.05, 0) is 130 Å². The molecule has 0 saturated carbocycles. The minimum absolute atomic E-state index is 0.00495. The third kappa shape index (κ3) is 19.1. The molecular formula is C94H124N4O22Si4. The minimum Gasteiger partial charge on any atom is -0.457 e. The van der Waals surface area contributed by atoms with Crippen LogP contribution in [0.1, 0.15) is 186 Å². The summed E-state index contributed by atoms with van der Waals surface area (Å²) >= 11 is 0. The van der Waals surface area contributed by atoms with E-state index in [0.717, 1.165) is 32.1 Å². The number of rotatable bonds is 40. The Labute approximate surface area is 733 Å². The number of hydrogen-bond acceptors (Lipinski definition) is 22. The van der Waals surface area contributed by atoms with Crippen LogP contribution in [0.5, 0.6) is 46.0 Å². The van der Waals surface area contributed by atoms with E-state index in [2.05, 4.69) is 83.1 Å². The molecule has 668 valence electrons. The predicted molar refractivity (Wildman–Crippen MR) is 486 cm³/mol. The van der Waals surface area contributed by atoms with Crippen LogP contribution in [0.15, 0.2) is 121 Å². The van der Waals surface area contributed by atoms with Gasteiger partial charge in [0.1, 0.15) is 58.1 Å². The van der Waals surface area contributed by atoms with E-state index in [1.165, 1.54) is 85.3 Å². The highest BCUT2D eigenvalue weighted by Gasteiger charge is 2.51. The Morgan fingerprint density at radius 2 is 0.484 bits per heavy atom. The molecule has 0 N–H and O–H groups in total. The van der Waals surface area contributed by atoms with Crippen LogP contribution in [0.3, 0.4) is 0 Å². The van der Waals surface area contributed by atoms with Gasteiger partial charge in [-0.25, -0.2) is 0 Å². The van der Waals surface area contributed by atoms with E-state index in [1.54, 1.807) is 34.1 Å². The second-order valence-corrected chi connectivity index (χ2v) is 48.0. The van der Waals surface area contributed by atoms with Crippen LogP contribution in [0.2, 0.25) is 24.2 Å². The van der Waals surface area contributed by atoms with Crippen LogP contribution in [-0.2, 0) is 84.4 Å². The first-order valence-corrected chi connectivity index (χ1v) is 49.9. The Balaban J connectivity index is 1.31. The third-order valence-electron chi connectivity index (χ3n) is 24.2. The van der Waals surface area contributed by atoms with Crippen LogP contribution in [0.25, 0.3) is 43.1 Å². The molecule has 2 heterocycles. The lowest BCUT2D eigenvalue weighted by atomic mass is 9.80. The molecule has 11 rings (SSSR count). The summed E-state index contributed by atoms with van der Waals surface area (Å²) in [6, 6.07) is 34.4. The smallest absolute Gasteiger partial charge is 0.457 e. The van der Waals surface area contributed by atoms with E-state index < -0.39 is 82.7 Å². The molecular weight excluding hydrogens is 1650 g/mol. The number of carbonyl (C=O) groups is 6. The molecule has 0 fully saturated rings. The highest BCUT2D eigenvalue weighted by atomic mass is 28.4. The van der Waals surface area contributed by atoms with E-state index in [0.29, 0.717) is 35.8 Å². The molecule has 0 aromatic heterocycles. The van der Waals surface area contributed by atoms with Gasteiger partial charge in [0.2, 0.25) is 11.8 Å². The third-order valence-corrected chi connectivity index (χ3v) is 35.0. The summed E-state index contributed by atoms with van der Waals surface area (Å²) in [5.74, 6) is -2.92. The number of imide groups is 2. The standard InChI is InChI=1S/C94H124N4O22Si4/c1-27-29-71(89(103)95(47-51-121(105-15,106-16)107-17)48-52-122(108-18,109-19)110-20)97-85(99)67-55-73(117-63-39-31-59(32-40-63)91(3,4)5)79-81-75(119-65-43-35-61(36-44-65)93(9,10)11)57-69-78-70(88(102)98(87(69)101)72(30-28-2)90(104)96(49-53-123(111-21,112-22)113-23)50-54-124(114-24,115-25)116-26)58-76(120-66-45-37-62(38-46-66)94(12,13)14)82(84(78)81)80-74(56-68(86(97)100)77(67)83(79)80)118-64-41-33-60(34-42-64)92(6,7)8/h31-46,55-58,71-72H,27-30,47-54H2,1-26H3. The fourth-order valence-electron chi connectivity index (χ4n) is 16.7. The summed E-state index contributed by atoms with van der Waals surface area (Å²) in [6.45, 7) is 28.9. The van der Waals surface area contributed by atoms with Crippen LogP contribution in [0.4, 0.5) is 0 Å². The van der Waals surface area contributed by atoms with Gasteiger partial charge in [0.25, 0.3) is 23.6 Å². The van der Waals surface area contributed by atoms with Gasteiger partial charge in [-0.15, -0.1) is 0 Å². The van der Waals surface area contributed by atoms with Crippen molar-refractivity contribution in [2.24, 2.45) is 0 Å². The van der Waals surface area contributed by atoms with Crippen molar-refractivity contribution in [3.8, 4) is 46.0 Å². The molecule has 0 saturated heterocycles. The molecule has 26 nitrogen and oxygen atoms in total. The number of ether oxygens (including phenoxy) is 4. The Morgan fingerprint density at radius 1 is 0.298 bits per heavy atom. The van der Waals surface area contributed by atoms with Crippen molar-refractivity contribution in [1.29, 1.82) is 0 Å². The zero-order chi connectivity index (χ0) is 90.7. The van der Waals surface area contributed by atoms with E-state index in [9.17, 15) is 0 Å². The number of benzene rings is 9. The summed E-state index contributed by atoms with van der Waals surface area (Å²) in [6.07, 6.45) is 0.659. The van der Waals surface area contributed by atoms with Gasteiger partial charge < -0.3 is 81.9 Å². The number of nitrogens with zero attached hydrogens (tertiary/aromatic N) is 4. The van der Waals surface area contributed by atoms with Crippen molar-refractivity contribution >= 4 is 114 Å². The first kappa shape index (κ1) is 95.7. The van der Waals surface area contributed by atoms with Crippen LogP contribution in [-0.4, -0.2) is 214 Å². The second kappa shape index (κ2) is 38.3. The Kier molecular flexibility index (Phi) is 29.6. The number of hydrogen-bond donors (Lipinski definition) is 0. The highest BCUT2D eigenvalue weighted by molar-refractivity contribution is 6.62. The van der Waals surface area contributed by atoms with E-state index in [1.807, 2.05) is 111 Å². The second-order valence-electron chi connectivity index (χ2n) is 35.6. The normalized spacial score (nSPS) is 14.4. The molecule has 0 aliphatic carbocycles. The predicted octanol–water partition coefficient (Wildman–Crippen LogP) is 18.8. The van der Waals surface area contributed by atoms with Gasteiger partial charge in [0, 0.05) is 179 Å². The van der Waals surface area contributed by atoms with Crippen molar-refractivity contribution in [2.45, 2.75) is 181 Å². The summed E-state index contributed by atoms with van der Waals surface area (Å²) in [4.78, 5) is 106. The van der Waals surface area contributed by atoms with Gasteiger partial charge in [-0.2, -0.15) is 0 Å². The zero-order valence-corrected chi connectivity index (χ0v) is 81.0. The van der Waals surface area contributed by atoms with Crippen LogP contribution in [0, 0.1) is 0 Å². The van der Waals surface area contributed by atoms with Crippen molar-refractivity contribution < 1.29 is 101 Å². The lowest BCUT2D eigenvalue weighted by Crippen LogP contribution is -2.56. The van der Waals surface area contributed by atoms with E-state index in [-0.39, 0.29) is 173 Å². The zero-order valence-electron chi connectivity index (χ0n) is 77.0. The average molecular weight is 1770 g/mol. The topological polar surface area (TPSA) is 263 Å². The molecule has 0 bridgehead atoms. The molecule has 9 aromatic rings. The maximum absolute atomic E-state index is 17.0. The molecule has 2 atom stereocenters. The van der Waals surface area contributed by atoms with Crippen molar-refractivity contribution in [3.05, 3.63) is 166 Å². The molecule has 124 heavy (non-hydrogen) atoms. The highest BCUT2D eigenvalue weighted by Crippen LogP contribution is 2.59. The van der Waals surface area contributed by atoms with E-state index >= 15 is 28.8 Å². The molecule has 30 heteroatoms. The van der Waals surface area contributed by atoms with Crippen molar-refractivity contribution in [2.75, 3.05) is 111 Å². The molecule has 0 radical (unpaired) electrons. The lowest BCUT2D eigenvalue weighted by molar-refractivity contribution is -0.136. The Hall–Kier alpha value is -8.91. The monoisotopic (exact) mass is 1770 g/mol. The molecule has 2 unspecified atom stereocenters. The fourth-order valence-corrected chi connectivity index (χ4v) is 23.3. The molecule has 9 aromatic carbocycles. The Morgan fingerprint density at radius 3 is 0.645 bits per heavy atom. The average Bonchev–Trinajstić information content (AvgIpc) is 0.669. The summed E-state index contributed by atoms with van der Waals surface area (Å²) < 4.78 is 101. The summed E-state index contributed by atoms with van der Waals surface area (Å²) in [7, 11) is 4.01. The summed E-state index contributed by atoms with van der Waals surface area (Å²) in [5.41, 5.74) is 2.63. The van der Waals surface area contributed by atoms with Gasteiger partial charge >= 0.3 is 35.2 Å².